The molecule has 5 rings (SSSR count). The van der Waals surface area contributed by atoms with Crippen LogP contribution in [0.3, 0.4) is 0 Å². The number of fused-ring (bicyclic) bond motifs is 2. The van der Waals surface area contributed by atoms with Crippen LogP contribution in [-0.2, 0) is 19.4 Å². The summed E-state index contributed by atoms with van der Waals surface area (Å²) in [5.74, 6) is 0. The highest BCUT2D eigenvalue weighted by molar-refractivity contribution is 6.05. The van der Waals surface area contributed by atoms with E-state index in [0.717, 1.165) is 25.8 Å². The number of hydrogen-bond donors (Lipinski definition) is 0. The van der Waals surface area contributed by atoms with Gasteiger partial charge in [0.15, 0.2) is 18.0 Å². The van der Waals surface area contributed by atoms with Gasteiger partial charge in [0.05, 0.1) is 12.8 Å². The van der Waals surface area contributed by atoms with Crippen molar-refractivity contribution in [3.8, 4) is 0 Å². The third-order valence-corrected chi connectivity index (χ3v) is 5.87. The van der Waals surface area contributed by atoms with Crippen molar-refractivity contribution in [3.05, 3.63) is 95.6 Å². The zero-order valence-electron chi connectivity index (χ0n) is 15.7. The van der Waals surface area contributed by atoms with Gasteiger partial charge in [-0.2, -0.15) is 4.58 Å². The predicted molar refractivity (Wildman–Crippen MR) is 111 cm³/mol. The maximum Gasteiger partial charge on any atom is 0.209 e. The minimum Gasteiger partial charge on any atom is -0.201 e. The molecule has 2 nitrogen and oxygen atoms in total. The molecule has 0 aromatic heterocycles. The molecule has 0 unspecified atom stereocenters. The second kappa shape index (κ2) is 6.62. The highest BCUT2D eigenvalue weighted by Gasteiger charge is 2.35. The monoisotopic (exact) mass is 352 g/mol. The van der Waals surface area contributed by atoms with Crippen LogP contribution in [0.15, 0.2) is 78.9 Å². The minimum atomic E-state index is 0.942. The van der Waals surface area contributed by atoms with E-state index in [1.54, 1.807) is 0 Å². The molecule has 0 saturated heterocycles. The van der Waals surface area contributed by atoms with Crippen molar-refractivity contribution in [1.82, 2.24) is 0 Å². The number of hydrogen-bond acceptors (Lipinski definition) is 0. The van der Waals surface area contributed by atoms with E-state index in [4.69, 9.17) is 0 Å². The Bertz CT molecular complexity index is 1070. The quantitative estimate of drug-likeness (QED) is 0.590. The van der Waals surface area contributed by atoms with Crippen LogP contribution < -0.4 is 0 Å². The third-order valence-electron chi connectivity index (χ3n) is 5.87. The van der Waals surface area contributed by atoms with Gasteiger partial charge in [0.25, 0.3) is 0 Å². The Balaban J connectivity index is 1.51. The van der Waals surface area contributed by atoms with Crippen LogP contribution in [0.1, 0.15) is 23.1 Å². The van der Waals surface area contributed by atoms with E-state index < -0.39 is 0 Å². The summed E-state index contributed by atoms with van der Waals surface area (Å²) in [5, 5.41) is 0. The summed E-state index contributed by atoms with van der Waals surface area (Å²) in [4.78, 5) is 0. The predicted octanol–water partition coefficient (Wildman–Crippen LogP) is 4.89. The van der Waals surface area contributed by atoms with E-state index in [1.807, 2.05) is 0 Å². The van der Waals surface area contributed by atoms with E-state index in [0.29, 0.717) is 0 Å². The largest absolute Gasteiger partial charge is 0.209 e. The molecule has 0 saturated carbocycles. The van der Waals surface area contributed by atoms with Crippen molar-refractivity contribution < 1.29 is 9.15 Å². The van der Waals surface area contributed by atoms with Crippen molar-refractivity contribution in [3.63, 3.8) is 0 Å². The molecule has 132 valence electrons. The van der Waals surface area contributed by atoms with Crippen molar-refractivity contribution in [1.29, 1.82) is 0 Å². The van der Waals surface area contributed by atoms with Gasteiger partial charge in [0.2, 0.25) is 11.4 Å². The van der Waals surface area contributed by atoms with E-state index in [-0.39, 0.29) is 0 Å². The average Bonchev–Trinajstić information content (AvgIpc) is 3.21. The third kappa shape index (κ3) is 2.91. The normalized spacial score (nSPS) is 15.3. The van der Waals surface area contributed by atoms with Crippen molar-refractivity contribution >= 4 is 22.8 Å². The van der Waals surface area contributed by atoms with Crippen LogP contribution in [0.4, 0.5) is 11.4 Å². The van der Waals surface area contributed by atoms with Crippen molar-refractivity contribution in [2.45, 2.75) is 25.8 Å². The maximum absolute atomic E-state index is 2.54. The lowest BCUT2D eigenvalue weighted by molar-refractivity contribution is -0.456. The molecule has 2 aliphatic heterocycles. The Morgan fingerprint density at radius 3 is 2.00 bits per heavy atom. The average molecular weight is 352 g/mol. The van der Waals surface area contributed by atoms with Crippen LogP contribution in [0.25, 0.3) is 0 Å². The first-order valence-corrected chi connectivity index (χ1v) is 9.70. The topological polar surface area (TPSA) is 6.02 Å². The van der Waals surface area contributed by atoms with Gasteiger partial charge in [0.1, 0.15) is 13.5 Å². The molecular formula is C25H24N2+2. The molecule has 0 fully saturated rings. The fourth-order valence-electron chi connectivity index (χ4n) is 4.44. The SMILES string of the molecule is C[N+]1=C(CC2=[N+](Cc3ccccc3)c3ccccc3C2)Cc2ccccc21. The lowest BCUT2D eigenvalue weighted by Crippen LogP contribution is -2.20. The summed E-state index contributed by atoms with van der Waals surface area (Å²) in [6.07, 6.45) is 3.15. The summed E-state index contributed by atoms with van der Waals surface area (Å²) in [6, 6.07) is 28.4. The molecule has 0 atom stereocenters. The van der Waals surface area contributed by atoms with Gasteiger partial charge < -0.3 is 0 Å². The lowest BCUT2D eigenvalue weighted by atomic mass is 10.0. The van der Waals surface area contributed by atoms with Crippen LogP contribution in [0.2, 0.25) is 0 Å². The lowest BCUT2D eigenvalue weighted by Gasteiger charge is -2.04. The Labute approximate surface area is 160 Å². The molecule has 27 heavy (non-hydrogen) atoms. The highest BCUT2D eigenvalue weighted by atomic mass is 15.1. The van der Waals surface area contributed by atoms with Gasteiger partial charge in [0, 0.05) is 28.8 Å². The molecule has 2 aliphatic rings. The van der Waals surface area contributed by atoms with Crippen molar-refractivity contribution in [2.75, 3.05) is 7.05 Å². The molecule has 0 spiro atoms. The molecule has 0 amide bonds. The van der Waals surface area contributed by atoms with Gasteiger partial charge in [-0.05, 0) is 0 Å². The molecule has 3 aromatic rings. The zero-order valence-corrected chi connectivity index (χ0v) is 15.7. The van der Waals surface area contributed by atoms with Crippen molar-refractivity contribution in [2.24, 2.45) is 0 Å². The summed E-state index contributed by atoms with van der Waals surface area (Å²) in [6.45, 7) is 0.942. The zero-order chi connectivity index (χ0) is 18.2. The highest BCUT2D eigenvalue weighted by Crippen LogP contribution is 2.31. The van der Waals surface area contributed by atoms with Gasteiger partial charge in [-0.25, -0.2) is 4.58 Å². The maximum atomic E-state index is 2.54. The Kier molecular flexibility index (Phi) is 3.97. The van der Waals surface area contributed by atoms with E-state index >= 15 is 0 Å². The number of rotatable bonds is 4. The molecule has 0 N–H and O–H groups in total. The first-order valence-electron chi connectivity index (χ1n) is 9.70. The van der Waals surface area contributed by atoms with Gasteiger partial charge in [-0.1, -0.05) is 66.7 Å². The van der Waals surface area contributed by atoms with Gasteiger partial charge in [-0.15, -0.1) is 0 Å². The standard InChI is InChI=1S/C25H24N2/c1-26-22(15-20-11-5-7-13-24(20)26)17-23-16-21-12-6-8-14-25(21)27(23)18-19-9-3-2-4-10-19/h2-14H,15-18H2,1H3/q+2. The fraction of sp³-hybridized carbons (Fsp3) is 0.200. The molecule has 3 aromatic carbocycles. The van der Waals surface area contributed by atoms with Gasteiger partial charge in [-0.3, -0.25) is 0 Å². The van der Waals surface area contributed by atoms with Crippen LogP contribution in [-0.4, -0.2) is 27.6 Å². The summed E-state index contributed by atoms with van der Waals surface area (Å²) < 4.78 is 4.93. The summed E-state index contributed by atoms with van der Waals surface area (Å²) >= 11 is 0. The van der Waals surface area contributed by atoms with Crippen LogP contribution >= 0.6 is 0 Å². The van der Waals surface area contributed by atoms with E-state index in [2.05, 4.69) is 95.1 Å². The molecular weight excluding hydrogens is 328 g/mol. The molecule has 0 radical (unpaired) electrons. The first kappa shape index (κ1) is 16.2. The Morgan fingerprint density at radius 2 is 1.26 bits per heavy atom. The second-order valence-corrected chi connectivity index (χ2v) is 7.55. The van der Waals surface area contributed by atoms with Crippen LogP contribution in [0, 0.1) is 0 Å². The summed E-state index contributed by atoms with van der Waals surface area (Å²) in [7, 11) is 2.21. The Morgan fingerprint density at radius 1 is 0.667 bits per heavy atom. The fourth-order valence-corrected chi connectivity index (χ4v) is 4.44. The molecule has 2 heteroatoms. The van der Waals surface area contributed by atoms with Crippen LogP contribution in [0.5, 0.6) is 0 Å². The first-order chi connectivity index (χ1) is 13.3. The number of nitrogens with zero attached hydrogens (tertiary/aromatic N) is 2. The summed E-state index contributed by atoms with van der Waals surface area (Å²) in [5.41, 5.74) is 9.99. The van der Waals surface area contributed by atoms with E-state index in [9.17, 15) is 0 Å². The molecule has 0 bridgehead atoms. The van der Waals surface area contributed by atoms with E-state index in [1.165, 1.54) is 39.5 Å². The number of para-hydroxylation sites is 2. The number of benzene rings is 3. The second-order valence-electron chi connectivity index (χ2n) is 7.55. The minimum absolute atomic E-state index is 0.942. The smallest absolute Gasteiger partial charge is 0.201 e. The molecule has 0 aliphatic carbocycles. The molecule has 2 heterocycles. The van der Waals surface area contributed by atoms with Gasteiger partial charge >= 0.3 is 0 Å². The Hall–Kier alpha value is -3.00.